The van der Waals surface area contributed by atoms with Gasteiger partial charge < -0.3 is 10.6 Å². The van der Waals surface area contributed by atoms with Crippen LogP contribution in [0.1, 0.15) is 21.6 Å². The quantitative estimate of drug-likeness (QED) is 0.662. The van der Waals surface area contributed by atoms with Crippen LogP contribution in [0.3, 0.4) is 0 Å². The van der Waals surface area contributed by atoms with Crippen molar-refractivity contribution in [1.82, 2.24) is 15.3 Å². The van der Waals surface area contributed by atoms with Crippen LogP contribution in [0.5, 0.6) is 0 Å². The summed E-state index contributed by atoms with van der Waals surface area (Å²) in [5.41, 5.74) is 3.03. The van der Waals surface area contributed by atoms with Crippen LogP contribution in [0, 0.1) is 6.92 Å². The lowest BCUT2D eigenvalue weighted by Gasteiger charge is -2.09. The number of rotatable bonds is 5. The zero-order chi connectivity index (χ0) is 18.5. The predicted octanol–water partition coefficient (Wildman–Crippen LogP) is 4.77. The average Bonchev–Trinajstić information content (AvgIpc) is 2.64. The Morgan fingerprint density at radius 2 is 1.88 bits per heavy atom. The maximum absolute atomic E-state index is 12.2. The molecule has 3 aromatic rings. The van der Waals surface area contributed by atoms with Gasteiger partial charge in [0, 0.05) is 6.54 Å². The van der Waals surface area contributed by atoms with Gasteiger partial charge >= 0.3 is 0 Å². The molecule has 1 amide bonds. The Hall–Kier alpha value is -2.63. The summed E-state index contributed by atoms with van der Waals surface area (Å²) in [6, 6.07) is 13.2. The minimum Gasteiger partial charge on any atom is -0.347 e. The van der Waals surface area contributed by atoms with Gasteiger partial charge in [-0.25, -0.2) is 9.97 Å². The van der Waals surface area contributed by atoms with Crippen molar-refractivity contribution >= 4 is 40.6 Å². The van der Waals surface area contributed by atoms with Crippen LogP contribution in [0.4, 0.5) is 11.5 Å². The minimum absolute atomic E-state index is 0.236. The number of aromatic nitrogens is 2. The summed E-state index contributed by atoms with van der Waals surface area (Å²) >= 11 is 12.1. The van der Waals surface area contributed by atoms with Crippen molar-refractivity contribution in [2.24, 2.45) is 0 Å². The number of hydrogen-bond donors (Lipinski definition) is 2. The molecule has 0 atom stereocenters. The maximum Gasteiger partial charge on any atom is 0.271 e. The number of aryl methyl sites for hydroxylation is 1. The number of amides is 1. The van der Waals surface area contributed by atoms with Crippen molar-refractivity contribution in [3.63, 3.8) is 0 Å². The summed E-state index contributed by atoms with van der Waals surface area (Å²) in [5, 5.41) is 6.69. The molecule has 2 N–H and O–H groups in total. The largest absolute Gasteiger partial charge is 0.347 e. The second kappa shape index (κ2) is 8.17. The van der Waals surface area contributed by atoms with Crippen LogP contribution >= 0.6 is 23.2 Å². The average molecular weight is 387 g/mol. The molecule has 2 aromatic carbocycles. The number of anilines is 2. The molecule has 0 fully saturated rings. The van der Waals surface area contributed by atoms with Crippen LogP contribution in [-0.4, -0.2) is 15.9 Å². The number of carbonyl (C=O) groups excluding carboxylic acids is 1. The van der Waals surface area contributed by atoms with E-state index in [-0.39, 0.29) is 11.6 Å². The second-order valence-corrected chi connectivity index (χ2v) is 6.47. The molecule has 0 saturated carbocycles. The summed E-state index contributed by atoms with van der Waals surface area (Å²) in [4.78, 5) is 20.5. The fourth-order valence-corrected chi connectivity index (χ4v) is 2.69. The summed E-state index contributed by atoms with van der Waals surface area (Å²) in [6.07, 6.45) is 2.88. The fourth-order valence-electron chi connectivity index (χ4n) is 2.34. The third-order valence-corrected chi connectivity index (χ3v) is 4.45. The first-order valence-corrected chi connectivity index (χ1v) is 8.65. The first kappa shape index (κ1) is 18.2. The van der Waals surface area contributed by atoms with Crippen molar-refractivity contribution in [3.8, 4) is 0 Å². The van der Waals surface area contributed by atoms with E-state index in [4.69, 9.17) is 23.2 Å². The molecular weight excluding hydrogens is 371 g/mol. The Morgan fingerprint density at radius 3 is 2.62 bits per heavy atom. The molecule has 0 bridgehead atoms. The number of halogens is 2. The Balaban J connectivity index is 1.63. The molecule has 5 nitrogen and oxygen atoms in total. The van der Waals surface area contributed by atoms with Gasteiger partial charge in [-0.15, -0.1) is 0 Å². The maximum atomic E-state index is 12.2. The number of nitrogens with one attached hydrogen (secondary N) is 2. The summed E-state index contributed by atoms with van der Waals surface area (Å²) < 4.78 is 0. The van der Waals surface area contributed by atoms with Gasteiger partial charge in [0.2, 0.25) is 0 Å². The second-order valence-electron chi connectivity index (χ2n) is 5.68. The number of hydrogen-bond acceptors (Lipinski definition) is 4. The first-order chi connectivity index (χ1) is 12.5. The van der Waals surface area contributed by atoms with Crippen LogP contribution in [0.25, 0.3) is 0 Å². The molecule has 0 spiro atoms. The van der Waals surface area contributed by atoms with E-state index in [1.807, 2.05) is 31.2 Å². The molecule has 3 rings (SSSR count). The summed E-state index contributed by atoms with van der Waals surface area (Å²) in [6.45, 7) is 2.44. The van der Waals surface area contributed by atoms with E-state index in [1.165, 1.54) is 12.4 Å². The number of benzene rings is 2. The van der Waals surface area contributed by atoms with Crippen LogP contribution in [0.15, 0.2) is 54.9 Å². The third-order valence-electron chi connectivity index (χ3n) is 3.63. The van der Waals surface area contributed by atoms with Crippen LogP contribution < -0.4 is 10.6 Å². The molecule has 0 aliphatic rings. The molecule has 0 saturated heterocycles. The van der Waals surface area contributed by atoms with Gasteiger partial charge in [0.15, 0.2) is 0 Å². The molecule has 7 heteroatoms. The third kappa shape index (κ3) is 4.50. The highest BCUT2D eigenvalue weighted by molar-refractivity contribution is 6.43. The molecule has 0 unspecified atom stereocenters. The standard InChI is InChI=1S/C19H16Cl2N4O/c1-12-4-2-5-13(8-12)9-24-19(26)16-10-23-17(11-22-16)25-15-7-3-6-14(20)18(15)21/h2-8,10-11H,9H2,1H3,(H,23,25)(H,24,26). The van der Waals surface area contributed by atoms with E-state index < -0.39 is 0 Å². The van der Waals surface area contributed by atoms with Crippen LogP contribution in [-0.2, 0) is 6.54 Å². The highest BCUT2D eigenvalue weighted by Crippen LogP contribution is 2.31. The SMILES string of the molecule is Cc1cccc(CNC(=O)c2cnc(Nc3cccc(Cl)c3Cl)cn2)c1. The smallest absolute Gasteiger partial charge is 0.271 e. The van der Waals surface area contributed by atoms with Crippen LogP contribution in [0.2, 0.25) is 10.0 Å². The van der Waals surface area contributed by atoms with Gasteiger partial charge in [0.1, 0.15) is 11.5 Å². The molecule has 0 aliphatic carbocycles. The Labute approximate surface area is 161 Å². The van der Waals surface area contributed by atoms with Gasteiger partial charge in [-0.05, 0) is 24.6 Å². The molecule has 1 aromatic heterocycles. The number of carbonyl (C=O) groups is 1. The van der Waals surface area contributed by atoms with Crippen molar-refractivity contribution in [2.75, 3.05) is 5.32 Å². The Bertz CT molecular complexity index is 929. The number of nitrogens with zero attached hydrogens (tertiary/aromatic N) is 2. The lowest BCUT2D eigenvalue weighted by molar-refractivity contribution is 0.0945. The molecule has 132 valence electrons. The fraction of sp³-hybridized carbons (Fsp3) is 0.105. The highest BCUT2D eigenvalue weighted by atomic mass is 35.5. The van der Waals surface area contributed by atoms with Gasteiger partial charge in [0.05, 0.1) is 28.1 Å². The molecule has 0 aliphatic heterocycles. The predicted molar refractivity (Wildman–Crippen MR) is 104 cm³/mol. The first-order valence-electron chi connectivity index (χ1n) is 7.90. The van der Waals surface area contributed by atoms with Gasteiger partial charge in [-0.3, -0.25) is 4.79 Å². The lowest BCUT2D eigenvalue weighted by Crippen LogP contribution is -2.24. The highest BCUT2D eigenvalue weighted by Gasteiger charge is 2.09. The van der Waals surface area contributed by atoms with E-state index in [2.05, 4.69) is 20.6 Å². The molecule has 26 heavy (non-hydrogen) atoms. The van der Waals surface area contributed by atoms with E-state index in [0.717, 1.165) is 11.1 Å². The Morgan fingerprint density at radius 1 is 1.08 bits per heavy atom. The van der Waals surface area contributed by atoms with Crippen molar-refractivity contribution in [2.45, 2.75) is 13.5 Å². The van der Waals surface area contributed by atoms with Crippen molar-refractivity contribution in [1.29, 1.82) is 0 Å². The monoisotopic (exact) mass is 386 g/mol. The zero-order valence-corrected chi connectivity index (χ0v) is 15.5. The summed E-state index contributed by atoms with van der Waals surface area (Å²) in [5.74, 6) is 0.177. The van der Waals surface area contributed by atoms with E-state index in [0.29, 0.717) is 28.1 Å². The topological polar surface area (TPSA) is 66.9 Å². The molecule has 0 radical (unpaired) electrons. The normalized spacial score (nSPS) is 10.4. The van der Waals surface area contributed by atoms with E-state index >= 15 is 0 Å². The van der Waals surface area contributed by atoms with Gasteiger partial charge in [-0.1, -0.05) is 59.1 Å². The zero-order valence-electron chi connectivity index (χ0n) is 14.0. The molecular formula is C19H16Cl2N4O. The van der Waals surface area contributed by atoms with E-state index in [9.17, 15) is 4.79 Å². The van der Waals surface area contributed by atoms with E-state index in [1.54, 1.807) is 18.2 Å². The minimum atomic E-state index is -0.286. The van der Waals surface area contributed by atoms with Crippen molar-refractivity contribution < 1.29 is 4.79 Å². The van der Waals surface area contributed by atoms with Crippen molar-refractivity contribution in [3.05, 3.63) is 81.7 Å². The molecule has 1 heterocycles. The van der Waals surface area contributed by atoms with Gasteiger partial charge in [0.25, 0.3) is 5.91 Å². The van der Waals surface area contributed by atoms with Gasteiger partial charge in [-0.2, -0.15) is 0 Å². The Kier molecular flexibility index (Phi) is 5.71. The lowest BCUT2D eigenvalue weighted by atomic mass is 10.1. The summed E-state index contributed by atoms with van der Waals surface area (Å²) in [7, 11) is 0.